The average Bonchev–Trinajstić information content (AvgIpc) is 2.35. The Balaban J connectivity index is 2.46. The SMILES string of the molecule is COCC(CCl)NCc1ccc(C(C)C)cc1. The molecule has 1 N–H and O–H groups in total. The highest BCUT2D eigenvalue weighted by molar-refractivity contribution is 6.18. The van der Waals surface area contributed by atoms with Crippen LogP contribution >= 0.6 is 11.6 Å². The van der Waals surface area contributed by atoms with Gasteiger partial charge in [-0.1, -0.05) is 38.1 Å². The normalized spacial score (nSPS) is 13.0. The number of halogens is 1. The quantitative estimate of drug-likeness (QED) is 0.756. The van der Waals surface area contributed by atoms with Gasteiger partial charge in [0, 0.05) is 25.6 Å². The Hall–Kier alpha value is -0.570. The highest BCUT2D eigenvalue weighted by Crippen LogP contribution is 2.14. The fourth-order valence-electron chi connectivity index (χ4n) is 1.64. The lowest BCUT2D eigenvalue weighted by Crippen LogP contribution is -2.34. The molecule has 1 rings (SSSR count). The molecular weight excluding hydrogens is 234 g/mol. The summed E-state index contributed by atoms with van der Waals surface area (Å²) in [6, 6.07) is 8.92. The Morgan fingerprint density at radius 2 is 1.88 bits per heavy atom. The smallest absolute Gasteiger partial charge is 0.0627 e. The zero-order valence-electron chi connectivity index (χ0n) is 10.9. The van der Waals surface area contributed by atoms with Gasteiger partial charge < -0.3 is 10.1 Å². The standard InChI is InChI=1S/C14H22ClNO/c1-11(2)13-6-4-12(5-7-13)9-16-14(8-15)10-17-3/h4-7,11,14,16H,8-10H2,1-3H3. The molecule has 2 nitrogen and oxygen atoms in total. The molecule has 0 amide bonds. The number of ether oxygens (including phenoxy) is 1. The van der Waals surface area contributed by atoms with Crippen LogP contribution in [0.1, 0.15) is 30.9 Å². The Morgan fingerprint density at radius 1 is 1.24 bits per heavy atom. The Kier molecular flexibility index (Phi) is 6.56. The molecule has 0 aliphatic rings. The molecular formula is C14H22ClNO. The first kappa shape index (κ1) is 14.5. The summed E-state index contributed by atoms with van der Waals surface area (Å²) < 4.78 is 5.09. The maximum absolute atomic E-state index is 5.84. The second kappa shape index (κ2) is 7.70. The van der Waals surface area contributed by atoms with E-state index in [0.29, 0.717) is 18.4 Å². The Bertz CT molecular complexity index is 311. The van der Waals surface area contributed by atoms with Gasteiger partial charge in [0.1, 0.15) is 0 Å². The van der Waals surface area contributed by atoms with Crippen LogP contribution in [0.25, 0.3) is 0 Å². The molecule has 96 valence electrons. The van der Waals surface area contributed by atoms with Crippen LogP contribution in [0, 0.1) is 0 Å². The van der Waals surface area contributed by atoms with Crippen molar-refractivity contribution in [2.45, 2.75) is 32.4 Å². The van der Waals surface area contributed by atoms with Crippen LogP contribution in [0.4, 0.5) is 0 Å². The summed E-state index contributed by atoms with van der Waals surface area (Å²) >= 11 is 5.84. The maximum atomic E-state index is 5.84. The molecule has 1 atom stereocenters. The summed E-state index contributed by atoms with van der Waals surface area (Å²) in [7, 11) is 1.69. The Morgan fingerprint density at radius 3 is 2.35 bits per heavy atom. The molecule has 0 aromatic heterocycles. The van der Waals surface area contributed by atoms with Crippen LogP contribution in [0.5, 0.6) is 0 Å². The van der Waals surface area contributed by atoms with Gasteiger partial charge in [0.25, 0.3) is 0 Å². The van der Waals surface area contributed by atoms with Crippen molar-refractivity contribution in [3.05, 3.63) is 35.4 Å². The van der Waals surface area contributed by atoms with E-state index in [1.54, 1.807) is 7.11 Å². The van der Waals surface area contributed by atoms with Crippen LogP contribution in [0.15, 0.2) is 24.3 Å². The molecule has 0 aliphatic carbocycles. The van der Waals surface area contributed by atoms with E-state index in [-0.39, 0.29) is 6.04 Å². The number of benzene rings is 1. The topological polar surface area (TPSA) is 21.3 Å². The summed E-state index contributed by atoms with van der Waals surface area (Å²) in [5, 5.41) is 3.38. The summed E-state index contributed by atoms with van der Waals surface area (Å²) in [4.78, 5) is 0. The summed E-state index contributed by atoms with van der Waals surface area (Å²) in [5.74, 6) is 1.15. The minimum atomic E-state index is 0.214. The third-order valence-corrected chi connectivity index (χ3v) is 3.17. The Labute approximate surface area is 109 Å². The molecule has 17 heavy (non-hydrogen) atoms. The van der Waals surface area contributed by atoms with Crippen LogP contribution in [0.2, 0.25) is 0 Å². The molecule has 0 saturated carbocycles. The lowest BCUT2D eigenvalue weighted by molar-refractivity contribution is 0.172. The summed E-state index contributed by atoms with van der Waals surface area (Å²) in [6.45, 7) is 5.89. The molecule has 0 fully saturated rings. The van der Waals surface area contributed by atoms with Gasteiger partial charge in [-0.15, -0.1) is 11.6 Å². The van der Waals surface area contributed by atoms with Crippen molar-refractivity contribution < 1.29 is 4.74 Å². The second-order valence-corrected chi connectivity index (χ2v) is 4.89. The largest absolute Gasteiger partial charge is 0.383 e. The van der Waals surface area contributed by atoms with E-state index in [0.717, 1.165) is 6.54 Å². The predicted octanol–water partition coefficient (Wildman–Crippen LogP) is 3.15. The van der Waals surface area contributed by atoms with Gasteiger partial charge in [0.2, 0.25) is 0 Å². The van der Waals surface area contributed by atoms with E-state index in [9.17, 15) is 0 Å². The average molecular weight is 256 g/mol. The van der Waals surface area contributed by atoms with Crippen LogP contribution < -0.4 is 5.32 Å². The number of rotatable bonds is 7. The minimum Gasteiger partial charge on any atom is -0.383 e. The van der Waals surface area contributed by atoms with E-state index in [1.807, 2.05) is 0 Å². The molecule has 0 aliphatic heterocycles. The molecule has 0 saturated heterocycles. The zero-order valence-corrected chi connectivity index (χ0v) is 11.6. The van der Waals surface area contributed by atoms with Gasteiger partial charge in [-0.2, -0.15) is 0 Å². The van der Waals surface area contributed by atoms with Gasteiger partial charge in [0.15, 0.2) is 0 Å². The molecule has 0 bridgehead atoms. The van der Waals surface area contributed by atoms with Crippen LogP contribution in [0.3, 0.4) is 0 Å². The van der Waals surface area contributed by atoms with Crippen molar-refractivity contribution in [2.24, 2.45) is 0 Å². The summed E-state index contributed by atoms with van der Waals surface area (Å²) in [5.41, 5.74) is 2.65. The van der Waals surface area contributed by atoms with Crippen molar-refractivity contribution in [3.63, 3.8) is 0 Å². The monoisotopic (exact) mass is 255 g/mol. The third kappa shape index (κ3) is 5.07. The van der Waals surface area contributed by atoms with E-state index in [4.69, 9.17) is 16.3 Å². The van der Waals surface area contributed by atoms with Crippen molar-refractivity contribution in [2.75, 3.05) is 19.6 Å². The van der Waals surface area contributed by atoms with Crippen LogP contribution in [-0.4, -0.2) is 25.6 Å². The van der Waals surface area contributed by atoms with E-state index < -0.39 is 0 Å². The first-order valence-corrected chi connectivity index (χ1v) is 6.58. The third-order valence-electron chi connectivity index (χ3n) is 2.80. The number of hydrogen-bond acceptors (Lipinski definition) is 2. The van der Waals surface area contributed by atoms with Gasteiger partial charge in [-0.3, -0.25) is 0 Å². The van der Waals surface area contributed by atoms with Crippen molar-refractivity contribution >= 4 is 11.6 Å². The van der Waals surface area contributed by atoms with Gasteiger partial charge in [-0.05, 0) is 17.0 Å². The first-order valence-electron chi connectivity index (χ1n) is 6.04. The van der Waals surface area contributed by atoms with E-state index in [1.165, 1.54) is 11.1 Å². The molecule has 1 aromatic rings. The lowest BCUT2D eigenvalue weighted by Gasteiger charge is -2.15. The van der Waals surface area contributed by atoms with Crippen molar-refractivity contribution in [3.8, 4) is 0 Å². The molecule has 0 radical (unpaired) electrons. The van der Waals surface area contributed by atoms with Crippen molar-refractivity contribution in [1.29, 1.82) is 0 Å². The highest BCUT2D eigenvalue weighted by atomic mass is 35.5. The number of nitrogens with one attached hydrogen (secondary N) is 1. The molecule has 1 unspecified atom stereocenters. The fourth-order valence-corrected chi connectivity index (χ4v) is 1.84. The molecule has 1 aromatic carbocycles. The van der Waals surface area contributed by atoms with E-state index in [2.05, 4.69) is 43.4 Å². The number of alkyl halides is 1. The fraction of sp³-hybridized carbons (Fsp3) is 0.571. The first-order chi connectivity index (χ1) is 8.17. The maximum Gasteiger partial charge on any atom is 0.0627 e. The zero-order chi connectivity index (χ0) is 12.7. The minimum absolute atomic E-state index is 0.214. The second-order valence-electron chi connectivity index (χ2n) is 4.58. The van der Waals surface area contributed by atoms with Crippen LogP contribution in [-0.2, 0) is 11.3 Å². The van der Waals surface area contributed by atoms with Gasteiger partial charge >= 0.3 is 0 Å². The predicted molar refractivity (Wildman–Crippen MR) is 73.8 cm³/mol. The molecule has 0 heterocycles. The molecule has 0 spiro atoms. The molecule has 3 heteroatoms. The van der Waals surface area contributed by atoms with Gasteiger partial charge in [-0.25, -0.2) is 0 Å². The summed E-state index contributed by atoms with van der Waals surface area (Å²) in [6.07, 6.45) is 0. The van der Waals surface area contributed by atoms with Crippen molar-refractivity contribution in [1.82, 2.24) is 5.32 Å². The lowest BCUT2D eigenvalue weighted by atomic mass is 10.0. The number of methoxy groups -OCH3 is 1. The van der Waals surface area contributed by atoms with Gasteiger partial charge in [0.05, 0.1) is 6.61 Å². The number of hydrogen-bond donors (Lipinski definition) is 1. The highest BCUT2D eigenvalue weighted by Gasteiger charge is 2.06. The van der Waals surface area contributed by atoms with E-state index >= 15 is 0 Å².